The topological polar surface area (TPSA) is 69.7 Å². The molecule has 0 aliphatic rings. The van der Waals surface area contributed by atoms with Crippen LogP contribution < -0.4 is 9.47 Å². The minimum atomic E-state index is -3.98. The fourth-order valence-electron chi connectivity index (χ4n) is 3.22. The Kier molecular flexibility index (Phi) is 7.95. The zero-order valence-electron chi connectivity index (χ0n) is 18.7. The molecular weight excluding hydrogens is 460 g/mol. The van der Waals surface area contributed by atoms with Crippen LogP contribution in [0.25, 0.3) is 6.08 Å². The molecule has 172 valence electrons. The van der Waals surface area contributed by atoms with E-state index in [1.807, 2.05) is 26.0 Å². The van der Waals surface area contributed by atoms with Crippen molar-refractivity contribution >= 4 is 33.3 Å². The number of hydrogen-bond acceptors (Lipinski definition) is 5. The van der Waals surface area contributed by atoms with Gasteiger partial charge in [-0.1, -0.05) is 47.5 Å². The molecule has 0 radical (unpaired) electrons. The van der Waals surface area contributed by atoms with Gasteiger partial charge in [0.15, 0.2) is 21.3 Å². The maximum Gasteiger partial charge on any atom is 0.204 e. The van der Waals surface area contributed by atoms with Crippen LogP contribution in [-0.2, 0) is 15.6 Å². The number of halogens is 1. The molecule has 0 fully saturated rings. The lowest BCUT2D eigenvalue weighted by atomic mass is 10.1. The van der Waals surface area contributed by atoms with Gasteiger partial charge in [0, 0.05) is 10.6 Å². The van der Waals surface area contributed by atoms with Crippen molar-refractivity contribution in [3.8, 4) is 11.5 Å². The molecule has 3 aromatic rings. The molecule has 7 heteroatoms. The number of methoxy groups -OCH3 is 1. The second kappa shape index (κ2) is 10.7. The van der Waals surface area contributed by atoms with E-state index in [9.17, 15) is 13.2 Å². The number of hydrogen-bond donors (Lipinski definition) is 0. The summed E-state index contributed by atoms with van der Waals surface area (Å²) in [6, 6.07) is 18.3. The number of benzene rings is 3. The predicted molar refractivity (Wildman–Crippen MR) is 132 cm³/mol. The molecule has 0 spiro atoms. The minimum absolute atomic E-state index is 0.232. The Labute approximate surface area is 199 Å². The molecule has 0 saturated heterocycles. The first-order valence-electron chi connectivity index (χ1n) is 10.3. The van der Waals surface area contributed by atoms with Crippen LogP contribution in [-0.4, -0.2) is 27.9 Å². The van der Waals surface area contributed by atoms with E-state index in [0.717, 1.165) is 5.56 Å². The number of ketones is 1. The molecule has 5 nitrogen and oxygen atoms in total. The van der Waals surface area contributed by atoms with E-state index in [0.29, 0.717) is 34.3 Å². The Morgan fingerprint density at radius 1 is 0.970 bits per heavy atom. The molecule has 0 unspecified atom stereocenters. The summed E-state index contributed by atoms with van der Waals surface area (Å²) >= 11 is 5.94. The van der Waals surface area contributed by atoms with Crippen LogP contribution in [0.2, 0.25) is 5.02 Å². The van der Waals surface area contributed by atoms with Gasteiger partial charge in [0.1, 0.15) is 4.91 Å². The van der Waals surface area contributed by atoms with E-state index < -0.39 is 15.6 Å². The summed E-state index contributed by atoms with van der Waals surface area (Å²) in [6.45, 7) is 4.23. The maximum atomic E-state index is 13.4. The van der Waals surface area contributed by atoms with E-state index in [2.05, 4.69) is 0 Å². The summed E-state index contributed by atoms with van der Waals surface area (Å²) in [7, 11) is -2.48. The highest BCUT2D eigenvalue weighted by molar-refractivity contribution is 7.95. The molecule has 33 heavy (non-hydrogen) atoms. The maximum absolute atomic E-state index is 13.4. The molecule has 0 amide bonds. The van der Waals surface area contributed by atoms with Gasteiger partial charge in [-0.2, -0.15) is 0 Å². The van der Waals surface area contributed by atoms with Crippen molar-refractivity contribution in [3.63, 3.8) is 0 Å². The Morgan fingerprint density at radius 3 is 2.24 bits per heavy atom. The molecular formula is C26H25ClO5S. The molecule has 0 aliphatic heterocycles. The largest absolute Gasteiger partial charge is 0.493 e. The molecule has 0 N–H and O–H groups in total. The van der Waals surface area contributed by atoms with E-state index in [1.165, 1.54) is 25.3 Å². The second-order valence-electron chi connectivity index (χ2n) is 7.43. The van der Waals surface area contributed by atoms with E-state index in [4.69, 9.17) is 21.1 Å². The zero-order chi connectivity index (χ0) is 24.0. The third kappa shape index (κ3) is 6.24. The summed E-state index contributed by atoms with van der Waals surface area (Å²) in [5.41, 5.74) is 2.35. The fraction of sp³-hybridized carbons (Fsp3) is 0.192. The van der Waals surface area contributed by atoms with Crippen LogP contribution in [0, 0.1) is 6.92 Å². The Bertz CT molecular complexity index is 1260. The van der Waals surface area contributed by atoms with Crippen molar-refractivity contribution in [2.24, 2.45) is 0 Å². The van der Waals surface area contributed by atoms with Crippen molar-refractivity contribution in [2.45, 2.75) is 19.6 Å². The van der Waals surface area contributed by atoms with E-state index in [1.54, 1.807) is 42.5 Å². The highest BCUT2D eigenvalue weighted by Crippen LogP contribution is 2.30. The first kappa shape index (κ1) is 24.6. The Hall–Kier alpha value is -3.09. The van der Waals surface area contributed by atoms with Gasteiger partial charge < -0.3 is 9.47 Å². The normalized spacial score (nSPS) is 11.8. The van der Waals surface area contributed by atoms with Crippen LogP contribution in [0.15, 0.2) is 71.6 Å². The molecule has 0 atom stereocenters. The number of allylic oxidation sites excluding steroid dienone is 1. The van der Waals surface area contributed by atoms with Crippen LogP contribution in [0.3, 0.4) is 0 Å². The van der Waals surface area contributed by atoms with Crippen molar-refractivity contribution < 1.29 is 22.7 Å². The Morgan fingerprint density at radius 2 is 1.64 bits per heavy atom. The minimum Gasteiger partial charge on any atom is -0.493 e. The third-order valence-electron chi connectivity index (χ3n) is 4.93. The second-order valence-corrected chi connectivity index (χ2v) is 9.83. The van der Waals surface area contributed by atoms with Crippen LogP contribution in [0.5, 0.6) is 11.5 Å². The predicted octanol–water partition coefficient (Wildman–Crippen LogP) is 5.89. The quantitative estimate of drug-likeness (QED) is 0.279. The van der Waals surface area contributed by atoms with Crippen LogP contribution >= 0.6 is 11.6 Å². The first-order valence-corrected chi connectivity index (χ1v) is 12.4. The zero-order valence-corrected chi connectivity index (χ0v) is 20.2. The van der Waals surface area contributed by atoms with Gasteiger partial charge in [-0.15, -0.1) is 0 Å². The number of sulfone groups is 1. The number of carbonyl (C=O) groups is 1. The Balaban J connectivity index is 2.09. The summed E-state index contributed by atoms with van der Waals surface area (Å²) in [4.78, 5) is 13.0. The summed E-state index contributed by atoms with van der Waals surface area (Å²) in [5.74, 6) is 0.0729. The SMILES string of the molecule is CCOc1ccc(/C=C(/C(=O)c2ccc(Cl)cc2)S(=O)(=O)Cc2ccc(C)cc2)cc1OC. The molecule has 0 heterocycles. The van der Waals surface area contributed by atoms with Gasteiger partial charge >= 0.3 is 0 Å². The molecule has 3 rings (SSSR count). The highest BCUT2D eigenvalue weighted by atomic mass is 35.5. The van der Waals surface area contributed by atoms with Gasteiger partial charge in [-0.05, 0) is 67.4 Å². The molecule has 0 bridgehead atoms. The van der Waals surface area contributed by atoms with Gasteiger partial charge in [-0.3, -0.25) is 4.79 Å². The van der Waals surface area contributed by atoms with Crippen molar-refractivity contribution in [1.82, 2.24) is 0 Å². The van der Waals surface area contributed by atoms with E-state index in [-0.39, 0.29) is 16.2 Å². The van der Waals surface area contributed by atoms with Crippen LogP contribution in [0.1, 0.15) is 34.0 Å². The van der Waals surface area contributed by atoms with Crippen molar-refractivity contribution in [2.75, 3.05) is 13.7 Å². The smallest absolute Gasteiger partial charge is 0.204 e. The molecule has 0 saturated carbocycles. The number of carbonyl (C=O) groups excluding carboxylic acids is 1. The van der Waals surface area contributed by atoms with Crippen molar-refractivity contribution in [1.29, 1.82) is 0 Å². The number of ether oxygens (including phenoxy) is 2. The molecule has 0 aromatic heterocycles. The van der Waals surface area contributed by atoms with E-state index >= 15 is 0 Å². The van der Waals surface area contributed by atoms with Crippen molar-refractivity contribution in [3.05, 3.63) is 98.9 Å². The van der Waals surface area contributed by atoms with Gasteiger partial charge in [0.05, 0.1) is 19.5 Å². The molecule has 3 aromatic carbocycles. The van der Waals surface area contributed by atoms with Gasteiger partial charge in [0.2, 0.25) is 5.78 Å². The standard InChI is InChI=1S/C26H25ClO5S/c1-4-32-23-14-9-20(15-24(23)31-3)16-25(26(28)21-10-12-22(27)13-11-21)33(29,30)17-19-7-5-18(2)6-8-19/h5-16H,4,17H2,1-3H3/b25-16-. The number of rotatable bonds is 9. The number of Topliss-reactive ketones (excluding diaryl/α,β-unsaturated/α-hetero) is 1. The average Bonchev–Trinajstić information content (AvgIpc) is 2.79. The third-order valence-corrected chi connectivity index (χ3v) is 6.87. The summed E-state index contributed by atoms with van der Waals surface area (Å²) in [6.07, 6.45) is 1.37. The lowest BCUT2D eigenvalue weighted by molar-refractivity contribution is 0.104. The average molecular weight is 485 g/mol. The van der Waals surface area contributed by atoms with Gasteiger partial charge in [0.25, 0.3) is 0 Å². The lowest BCUT2D eigenvalue weighted by Crippen LogP contribution is -2.16. The summed E-state index contributed by atoms with van der Waals surface area (Å²) in [5, 5.41) is 0.454. The fourth-order valence-corrected chi connectivity index (χ4v) is 4.85. The van der Waals surface area contributed by atoms with Crippen LogP contribution in [0.4, 0.5) is 0 Å². The van der Waals surface area contributed by atoms with Gasteiger partial charge in [-0.25, -0.2) is 8.42 Å². The first-order chi connectivity index (χ1) is 15.7. The highest BCUT2D eigenvalue weighted by Gasteiger charge is 2.27. The lowest BCUT2D eigenvalue weighted by Gasteiger charge is -2.12. The monoisotopic (exact) mass is 484 g/mol. The number of aryl methyl sites for hydroxylation is 1. The molecule has 0 aliphatic carbocycles. The summed E-state index contributed by atoms with van der Waals surface area (Å²) < 4.78 is 37.7.